The van der Waals surface area contributed by atoms with Crippen LogP contribution in [0.1, 0.15) is 42.8 Å². The third-order valence-electron chi connectivity index (χ3n) is 2.77. The number of rotatable bonds is 1. The molecular formula is C10H15N3O2. The highest BCUT2D eigenvalue weighted by Crippen LogP contribution is 2.18. The number of hydrogen-bond donors (Lipinski definition) is 0. The molecule has 1 aliphatic rings. The van der Waals surface area contributed by atoms with Gasteiger partial charge in [0.2, 0.25) is 5.89 Å². The molecule has 2 rings (SSSR count). The summed E-state index contributed by atoms with van der Waals surface area (Å²) in [5, 5.41) is 7.41. The van der Waals surface area contributed by atoms with Gasteiger partial charge in [0.05, 0.1) is 0 Å². The van der Waals surface area contributed by atoms with Crippen molar-refractivity contribution in [1.82, 2.24) is 15.1 Å². The van der Waals surface area contributed by atoms with Crippen LogP contribution < -0.4 is 0 Å². The Bertz CT molecular complexity index is 361. The molecule has 0 bridgehead atoms. The fourth-order valence-corrected chi connectivity index (χ4v) is 1.91. The highest BCUT2D eigenvalue weighted by molar-refractivity contribution is 5.89. The van der Waals surface area contributed by atoms with E-state index in [2.05, 4.69) is 17.1 Å². The maximum absolute atomic E-state index is 12.0. The molecule has 1 fully saturated rings. The smallest absolute Gasteiger partial charge is 0.311 e. The molecule has 1 aromatic rings. The summed E-state index contributed by atoms with van der Waals surface area (Å²) in [5.41, 5.74) is 0. The van der Waals surface area contributed by atoms with E-state index in [1.807, 2.05) is 4.90 Å². The first-order valence-corrected chi connectivity index (χ1v) is 5.29. The van der Waals surface area contributed by atoms with Crippen LogP contribution in [0.25, 0.3) is 0 Å². The summed E-state index contributed by atoms with van der Waals surface area (Å²) in [6.07, 6.45) is 3.30. The molecule has 0 aliphatic carbocycles. The molecule has 0 radical (unpaired) electrons. The van der Waals surface area contributed by atoms with Crippen LogP contribution in [0.4, 0.5) is 0 Å². The molecule has 1 aliphatic heterocycles. The van der Waals surface area contributed by atoms with Gasteiger partial charge in [0.15, 0.2) is 0 Å². The monoisotopic (exact) mass is 209 g/mol. The van der Waals surface area contributed by atoms with Crippen LogP contribution in [-0.2, 0) is 0 Å². The van der Waals surface area contributed by atoms with Crippen LogP contribution in [0.2, 0.25) is 0 Å². The van der Waals surface area contributed by atoms with Gasteiger partial charge >= 0.3 is 11.8 Å². The molecule has 82 valence electrons. The first-order valence-electron chi connectivity index (χ1n) is 5.29. The van der Waals surface area contributed by atoms with E-state index in [9.17, 15) is 4.79 Å². The molecule has 5 heteroatoms. The van der Waals surface area contributed by atoms with E-state index in [1.165, 1.54) is 6.42 Å². The van der Waals surface area contributed by atoms with Crippen LogP contribution in [-0.4, -0.2) is 33.6 Å². The Morgan fingerprint density at radius 3 is 2.87 bits per heavy atom. The normalized spacial score (nSPS) is 21.7. The van der Waals surface area contributed by atoms with Gasteiger partial charge in [0.25, 0.3) is 0 Å². The number of piperidine rings is 1. The SMILES string of the molecule is Cc1nnc(C(=O)N2CCCC[C@@H]2C)o1. The van der Waals surface area contributed by atoms with Gasteiger partial charge in [-0.1, -0.05) is 0 Å². The predicted molar refractivity (Wildman–Crippen MR) is 53.4 cm³/mol. The zero-order valence-electron chi connectivity index (χ0n) is 9.06. The lowest BCUT2D eigenvalue weighted by molar-refractivity contribution is 0.0593. The van der Waals surface area contributed by atoms with Gasteiger partial charge in [-0.2, -0.15) is 0 Å². The summed E-state index contributed by atoms with van der Waals surface area (Å²) in [7, 11) is 0. The average molecular weight is 209 g/mol. The average Bonchev–Trinajstić information content (AvgIpc) is 2.65. The first kappa shape index (κ1) is 10.1. The van der Waals surface area contributed by atoms with Crippen LogP contribution in [0.5, 0.6) is 0 Å². The van der Waals surface area contributed by atoms with Crippen molar-refractivity contribution in [2.75, 3.05) is 6.54 Å². The van der Waals surface area contributed by atoms with Crippen molar-refractivity contribution in [1.29, 1.82) is 0 Å². The zero-order valence-corrected chi connectivity index (χ0v) is 9.06. The lowest BCUT2D eigenvalue weighted by Gasteiger charge is -2.32. The standard InChI is InChI=1S/C10H15N3O2/c1-7-5-3-4-6-13(7)10(14)9-12-11-8(2)15-9/h7H,3-6H2,1-2H3/t7-/m0/s1. The van der Waals surface area contributed by atoms with Crippen LogP contribution in [0.3, 0.4) is 0 Å². The van der Waals surface area contributed by atoms with Crippen molar-refractivity contribution in [2.24, 2.45) is 0 Å². The molecule has 0 saturated carbocycles. The maximum Gasteiger partial charge on any atom is 0.311 e. The van der Waals surface area contributed by atoms with Gasteiger partial charge in [-0.25, -0.2) is 0 Å². The number of hydrogen-bond acceptors (Lipinski definition) is 4. The largest absolute Gasteiger partial charge is 0.417 e. The third kappa shape index (κ3) is 2.00. The van der Waals surface area contributed by atoms with Crippen molar-refractivity contribution in [2.45, 2.75) is 39.2 Å². The van der Waals surface area contributed by atoms with Crippen LogP contribution in [0, 0.1) is 6.92 Å². The number of amides is 1. The number of carbonyl (C=O) groups excluding carboxylic acids is 1. The van der Waals surface area contributed by atoms with E-state index >= 15 is 0 Å². The number of aromatic nitrogens is 2. The maximum atomic E-state index is 12.0. The summed E-state index contributed by atoms with van der Waals surface area (Å²) in [6.45, 7) is 4.53. The van der Waals surface area contributed by atoms with Crippen molar-refractivity contribution < 1.29 is 9.21 Å². The molecule has 15 heavy (non-hydrogen) atoms. The molecule has 0 aromatic carbocycles. The second-order valence-electron chi connectivity index (χ2n) is 3.97. The minimum absolute atomic E-state index is 0.112. The second-order valence-corrected chi connectivity index (χ2v) is 3.97. The molecule has 2 heterocycles. The minimum atomic E-state index is -0.136. The van der Waals surface area contributed by atoms with E-state index in [-0.39, 0.29) is 17.8 Å². The Morgan fingerprint density at radius 1 is 1.47 bits per heavy atom. The van der Waals surface area contributed by atoms with Gasteiger partial charge in [0, 0.05) is 19.5 Å². The minimum Gasteiger partial charge on any atom is -0.417 e. The second kappa shape index (κ2) is 4.00. The molecule has 1 saturated heterocycles. The molecule has 5 nitrogen and oxygen atoms in total. The number of carbonyl (C=O) groups is 1. The summed E-state index contributed by atoms with van der Waals surface area (Å²) in [6, 6.07) is 0.276. The lowest BCUT2D eigenvalue weighted by atomic mass is 10.0. The molecule has 1 atom stereocenters. The van der Waals surface area contributed by atoms with Gasteiger partial charge in [0.1, 0.15) is 0 Å². The molecule has 1 aromatic heterocycles. The van der Waals surface area contributed by atoms with E-state index in [4.69, 9.17) is 4.42 Å². The molecular weight excluding hydrogens is 194 g/mol. The van der Waals surface area contributed by atoms with Gasteiger partial charge < -0.3 is 9.32 Å². The Hall–Kier alpha value is -1.39. The highest BCUT2D eigenvalue weighted by atomic mass is 16.4. The van der Waals surface area contributed by atoms with E-state index in [0.717, 1.165) is 19.4 Å². The third-order valence-corrected chi connectivity index (χ3v) is 2.77. The Labute approximate surface area is 88.5 Å². The fraction of sp³-hybridized carbons (Fsp3) is 0.700. The van der Waals surface area contributed by atoms with E-state index < -0.39 is 0 Å². The number of aryl methyl sites for hydroxylation is 1. The Kier molecular flexibility index (Phi) is 2.70. The highest BCUT2D eigenvalue weighted by Gasteiger charge is 2.27. The number of nitrogens with zero attached hydrogens (tertiary/aromatic N) is 3. The van der Waals surface area contributed by atoms with Crippen molar-refractivity contribution in [3.63, 3.8) is 0 Å². The Morgan fingerprint density at radius 2 is 2.27 bits per heavy atom. The molecule has 0 spiro atoms. The summed E-state index contributed by atoms with van der Waals surface area (Å²) in [4.78, 5) is 13.8. The molecule has 0 unspecified atom stereocenters. The van der Waals surface area contributed by atoms with E-state index in [1.54, 1.807) is 6.92 Å². The van der Waals surface area contributed by atoms with Crippen LogP contribution in [0.15, 0.2) is 4.42 Å². The quantitative estimate of drug-likeness (QED) is 0.701. The fourth-order valence-electron chi connectivity index (χ4n) is 1.91. The lowest BCUT2D eigenvalue weighted by Crippen LogP contribution is -2.42. The molecule has 1 amide bonds. The topological polar surface area (TPSA) is 59.2 Å². The van der Waals surface area contributed by atoms with Gasteiger partial charge in [-0.05, 0) is 26.2 Å². The van der Waals surface area contributed by atoms with Crippen LogP contribution >= 0.6 is 0 Å². The zero-order chi connectivity index (χ0) is 10.8. The van der Waals surface area contributed by atoms with Crippen molar-refractivity contribution in [3.05, 3.63) is 11.8 Å². The van der Waals surface area contributed by atoms with Gasteiger partial charge in [-0.3, -0.25) is 4.79 Å². The molecule has 0 N–H and O–H groups in total. The number of likely N-dealkylation sites (tertiary alicyclic amines) is 1. The first-order chi connectivity index (χ1) is 7.18. The van der Waals surface area contributed by atoms with Crippen molar-refractivity contribution in [3.8, 4) is 0 Å². The van der Waals surface area contributed by atoms with E-state index in [0.29, 0.717) is 5.89 Å². The summed E-state index contributed by atoms with van der Waals surface area (Å²) < 4.78 is 5.13. The van der Waals surface area contributed by atoms with Crippen molar-refractivity contribution >= 4 is 5.91 Å². The Balaban J connectivity index is 2.13. The summed E-state index contributed by atoms with van der Waals surface area (Å²) >= 11 is 0. The summed E-state index contributed by atoms with van der Waals surface area (Å²) in [5.74, 6) is 0.409. The predicted octanol–water partition coefficient (Wildman–Crippen LogP) is 1.39. The van der Waals surface area contributed by atoms with Gasteiger partial charge in [-0.15, -0.1) is 10.2 Å².